The molecule has 1 aliphatic carbocycles. The van der Waals surface area contributed by atoms with Crippen molar-refractivity contribution in [1.29, 1.82) is 0 Å². The Morgan fingerprint density at radius 1 is 1.07 bits per heavy atom. The molecule has 1 spiro atoms. The number of aliphatic hydroxyl groups excluding tert-OH is 2. The molecule has 234 valence electrons. The standard InChI is InChI=1S/C34H50O8/c1-8-19(2)31-24(7)29(36)17-33(42-31)16-26-15-25(41-33)13-12-21(4)30(37)20(3)10-9-11-23(6)34(39)18-28(35)22(5)14-27(34)32(38)40-26/h9-12,14,19-20,24-27,29-31,36-37,39H,8,13,15-18H2,1-7H3/t19?,20-,24-,25+,26-,27-,29-,30-,31+,33-,34+/m0/s1. The van der Waals surface area contributed by atoms with Gasteiger partial charge in [-0.1, -0.05) is 64.5 Å². The smallest absolute Gasteiger partial charge is 0.316 e. The maximum atomic E-state index is 13.8. The number of carbonyl (C=O) groups is 2. The second-order valence-corrected chi connectivity index (χ2v) is 13.3. The highest BCUT2D eigenvalue weighted by Gasteiger charge is 2.53. The lowest BCUT2D eigenvalue weighted by Crippen LogP contribution is -2.59. The van der Waals surface area contributed by atoms with Crippen LogP contribution in [0.25, 0.3) is 0 Å². The summed E-state index contributed by atoms with van der Waals surface area (Å²) >= 11 is 0. The van der Waals surface area contributed by atoms with E-state index in [0.29, 0.717) is 24.0 Å². The van der Waals surface area contributed by atoms with E-state index in [1.54, 1.807) is 26.0 Å². The number of hydrogen-bond donors (Lipinski definition) is 3. The van der Waals surface area contributed by atoms with E-state index in [4.69, 9.17) is 14.2 Å². The van der Waals surface area contributed by atoms with Crippen molar-refractivity contribution in [2.75, 3.05) is 0 Å². The van der Waals surface area contributed by atoms with Gasteiger partial charge in [-0.25, -0.2) is 0 Å². The van der Waals surface area contributed by atoms with Gasteiger partial charge in [0, 0.05) is 37.5 Å². The van der Waals surface area contributed by atoms with Gasteiger partial charge in [-0.3, -0.25) is 9.59 Å². The van der Waals surface area contributed by atoms with Crippen LogP contribution in [0.4, 0.5) is 0 Å². The number of allylic oxidation sites excluding steroid dienone is 3. The molecule has 8 nitrogen and oxygen atoms in total. The van der Waals surface area contributed by atoms with E-state index >= 15 is 0 Å². The number of ether oxygens (including phenoxy) is 3. The first-order chi connectivity index (χ1) is 19.7. The Morgan fingerprint density at radius 2 is 1.79 bits per heavy atom. The minimum Gasteiger partial charge on any atom is -0.462 e. The molecule has 4 aliphatic rings. The van der Waals surface area contributed by atoms with Crippen LogP contribution in [0.3, 0.4) is 0 Å². The number of fused-ring (bicyclic) bond motifs is 3. The molecule has 42 heavy (non-hydrogen) atoms. The van der Waals surface area contributed by atoms with E-state index in [2.05, 4.69) is 13.8 Å². The third-order valence-electron chi connectivity index (χ3n) is 10.1. The Labute approximate surface area is 250 Å². The van der Waals surface area contributed by atoms with Crippen LogP contribution in [0.5, 0.6) is 0 Å². The number of ketones is 1. The van der Waals surface area contributed by atoms with Gasteiger partial charge in [0.05, 0.1) is 24.4 Å². The first kappa shape index (κ1) is 32.8. The summed E-state index contributed by atoms with van der Waals surface area (Å²) in [6.07, 6.45) is 8.21. The molecule has 1 unspecified atom stereocenters. The molecule has 3 N–H and O–H groups in total. The lowest BCUT2D eigenvalue weighted by molar-refractivity contribution is -0.354. The second kappa shape index (κ2) is 12.9. The summed E-state index contributed by atoms with van der Waals surface area (Å²) in [6, 6.07) is 0. The van der Waals surface area contributed by atoms with Gasteiger partial charge in [-0.15, -0.1) is 0 Å². The number of hydrogen-bond acceptors (Lipinski definition) is 8. The van der Waals surface area contributed by atoms with Crippen LogP contribution in [0.2, 0.25) is 0 Å². The first-order valence-corrected chi connectivity index (χ1v) is 15.6. The summed E-state index contributed by atoms with van der Waals surface area (Å²) in [5, 5.41) is 34.0. The van der Waals surface area contributed by atoms with Crippen molar-refractivity contribution >= 4 is 11.8 Å². The molecule has 0 aromatic carbocycles. The van der Waals surface area contributed by atoms with Crippen LogP contribution in [-0.4, -0.2) is 69.0 Å². The Bertz CT molecular complexity index is 1150. The largest absolute Gasteiger partial charge is 0.462 e. The van der Waals surface area contributed by atoms with Crippen molar-refractivity contribution in [1.82, 2.24) is 0 Å². The lowest BCUT2D eigenvalue weighted by Gasteiger charge is -2.52. The second-order valence-electron chi connectivity index (χ2n) is 13.3. The summed E-state index contributed by atoms with van der Waals surface area (Å²) < 4.78 is 19.5. The van der Waals surface area contributed by atoms with Gasteiger partial charge in [0.2, 0.25) is 0 Å². The lowest BCUT2D eigenvalue weighted by atomic mass is 9.72. The SMILES string of the molecule is CCC(C)[C@H]1O[C@@]2(C[C@@H]3C[C@@H](CC=C(C)[C@@H](O)[C@@H](C)C=CC=C(C)[C@]4(O)CC(=O)C(C)=C[C@H]4C(=O)O3)O2)C[C@H](O)[C@@H]1C. The summed E-state index contributed by atoms with van der Waals surface area (Å²) in [6.45, 7) is 13.3. The highest BCUT2D eigenvalue weighted by atomic mass is 16.7. The van der Waals surface area contributed by atoms with E-state index in [1.165, 1.54) is 6.08 Å². The molecule has 8 heteroatoms. The van der Waals surface area contributed by atoms with Crippen LogP contribution >= 0.6 is 0 Å². The fourth-order valence-corrected chi connectivity index (χ4v) is 6.90. The molecule has 0 amide bonds. The minimum absolute atomic E-state index is 0.0782. The van der Waals surface area contributed by atoms with Crippen LogP contribution in [-0.2, 0) is 23.8 Å². The highest BCUT2D eigenvalue weighted by molar-refractivity contribution is 5.99. The van der Waals surface area contributed by atoms with E-state index in [9.17, 15) is 24.9 Å². The third kappa shape index (κ3) is 6.68. The van der Waals surface area contributed by atoms with Crippen LogP contribution in [0, 0.1) is 23.7 Å². The molecule has 2 fully saturated rings. The van der Waals surface area contributed by atoms with Gasteiger partial charge in [-0.2, -0.15) is 0 Å². The maximum Gasteiger partial charge on any atom is 0.316 e. The zero-order valence-electron chi connectivity index (χ0n) is 26.2. The molecule has 2 saturated heterocycles. The molecule has 3 heterocycles. The molecule has 2 bridgehead atoms. The molecular formula is C34H50O8. The van der Waals surface area contributed by atoms with E-state index < -0.39 is 41.6 Å². The predicted molar refractivity (Wildman–Crippen MR) is 159 cm³/mol. The summed E-state index contributed by atoms with van der Waals surface area (Å²) in [7, 11) is 0. The van der Waals surface area contributed by atoms with Gasteiger partial charge in [0.1, 0.15) is 17.6 Å². The Balaban J connectivity index is 1.75. The van der Waals surface area contributed by atoms with Gasteiger partial charge >= 0.3 is 5.97 Å². The topological polar surface area (TPSA) is 123 Å². The van der Waals surface area contributed by atoms with Crippen molar-refractivity contribution < 1.29 is 39.1 Å². The molecule has 3 aliphatic heterocycles. The molecule has 0 aromatic heterocycles. The summed E-state index contributed by atoms with van der Waals surface area (Å²) in [5.74, 6) is -3.15. The minimum atomic E-state index is -1.75. The zero-order chi connectivity index (χ0) is 31.0. The van der Waals surface area contributed by atoms with E-state index in [1.807, 2.05) is 32.9 Å². The molecule has 0 saturated carbocycles. The van der Waals surface area contributed by atoms with Crippen molar-refractivity contribution in [3.05, 3.63) is 47.1 Å². The van der Waals surface area contributed by atoms with Crippen molar-refractivity contribution in [3.63, 3.8) is 0 Å². The van der Waals surface area contributed by atoms with E-state index in [-0.39, 0.29) is 55.0 Å². The normalized spacial score (nSPS) is 42.7. The summed E-state index contributed by atoms with van der Waals surface area (Å²) in [5.41, 5.74) is -0.0695. The predicted octanol–water partition coefficient (Wildman–Crippen LogP) is 4.72. The van der Waals surface area contributed by atoms with Crippen molar-refractivity contribution in [2.45, 2.75) is 129 Å². The molecule has 4 rings (SSSR count). The van der Waals surface area contributed by atoms with Crippen molar-refractivity contribution in [3.8, 4) is 0 Å². The average Bonchev–Trinajstić information content (AvgIpc) is 2.93. The summed E-state index contributed by atoms with van der Waals surface area (Å²) in [4.78, 5) is 26.6. The third-order valence-corrected chi connectivity index (χ3v) is 10.1. The Hall–Kier alpha value is -2.10. The fourth-order valence-electron chi connectivity index (χ4n) is 6.90. The number of carbonyl (C=O) groups excluding carboxylic acids is 2. The van der Waals surface area contributed by atoms with Crippen LogP contribution in [0.1, 0.15) is 87.0 Å². The average molecular weight is 587 g/mol. The van der Waals surface area contributed by atoms with Gasteiger partial charge in [0.25, 0.3) is 0 Å². The van der Waals surface area contributed by atoms with Gasteiger partial charge < -0.3 is 29.5 Å². The monoisotopic (exact) mass is 586 g/mol. The maximum absolute atomic E-state index is 13.8. The number of aliphatic hydroxyl groups is 3. The number of Topliss-reactive ketones (excluding diaryl/α,β-unsaturated/α-hetero) is 1. The Kier molecular flexibility index (Phi) is 10.0. The van der Waals surface area contributed by atoms with Gasteiger partial charge in [0.15, 0.2) is 11.6 Å². The zero-order valence-corrected chi connectivity index (χ0v) is 26.2. The van der Waals surface area contributed by atoms with Crippen LogP contribution < -0.4 is 0 Å². The van der Waals surface area contributed by atoms with Crippen LogP contribution in [0.15, 0.2) is 47.1 Å². The molecule has 0 radical (unpaired) electrons. The molecular weight excluding hydrogens is 536 g/mol. The van der Waals surface area contributed by atoms with E-state index in [0.717, 1.165) is 12.0 Å². The molecule has 11 atom stereocenters. The first-order valence-electron chi connectivity index (χ1n) is 15.6. The number of esters is 1. The fraction of sp³-hybridized carbons (Fsp3) is 0.706. The van der Waals surface area contributed by atoms with Crippen molar-refractivity contribution in [2.24, 2.45) is 23.7 Å². The number of rotatable bonds is 2. The quantitative estimate of drug-likeness (QED) is 0.314. The molecule has 0 aromatic rings. The van der Waals surface area contributed by atoms with Gasteiger partial charge in [-0.05, 0) is 49.8 Å². The highest BCUT2D eigenvalue weighted by Crippen LogP contribution is 2.46. The Morgan fingerprint density at radius 3 is 2.48 bits per heavy atom.